The molecule has 0 aliphatic rings. The molecule has 2 rings (SSSR count). The first-order chi connectivity index (χ1) is 13.7. The van der Waals surface area contributed by atoms with Crippen LogP contribution in [0, 0.1) is 26.7 Å². The number of hydrogen-bond acceptors (Lipinski definition) is 3. The second-order valence-corrected chi connectivity index (χ2v) is 8.21. The van der Waals surface area contributed by atoms with Crippen molar-refractivity contribution < 1.29 is 9.53 Å². The first-order valence-corrected chi connectivity index (χ1v) is 10.3. The molecule has 0 saturated heterocycles. The van der Waals surface area contributed by atoms with E-state index in [1.165, 1.54) is 5.56 Å². The van der Waals surface area contributed by atoms with Gasteiger partial charge in [-0.2, -0.15) is 0 Å². The zero-order chi connectivity index (χ0) is 21.6. The number of carbonyl (C=O) groups is 1. The van der Waals surface area contributed by atoms with Gasteiger partial charge >= 0.3 is 5.97 Å². The molecule has 156 valence electrons. The van der Waals surface area contributed by atoms with Gasteiger partial charge in [0.2, 0.25) is 0 Å². The molecular weight excluding hydrogens is 360 g/mol. The van der Waals surface area contributed by atoms with Crippen LogP contribution in [0.15, 0.2) is 41.4 Å². The summed E-state index contributed by atoms with van der Waals surface area (Å²) in [5.41, 5.74) is 5.54. The van der Waals surface area contributed by atoms with Crippen molar-refractivity contribution in [2.24, 2.45) is 10.9 Å². The van der Waals surface area contributed by atoms with Crippen molar-refractivity contribution in [3.63, 3.8) is 0 Å². The van der Waals surface area contributed by atoms with Crippen molar-refractivity contribution in [2.45, 2.75) is 54.1 Å². The Morgan fingerprint density at radius 2 is 1.76 bits per heavy atom. The molecule has 0 heterocycles. The van der Waals surface area contributed by atoms with Crippen molar-refractivity contribution in [1.82, 2.24) is 4.90 Å². The molecule has 0 aliphatic carbocycles. The van der Waals surface area contributed by atoms with E-state index >= 15 is 0 Å². The molecule has 2 aromatic carbocycles. The second-order valence-electron chi connectivity index (χ2n) is 8.21. The third kappa shape index (κ3) is 6.45. The van der Waals surface area contributed by atoms with E-state index < -0.39 is 0 Å². The zero-order valence-corrected chi connectivity index (χ0v) is 18.8. The predicted molar refractivity (Wildman–Crippen MR) is 121 cm³/mol. The van der Waals surface area contributed by atoms with Gasteiger partial charge in [0, 0.05) is 13.6 Å². The summed E-state index contributed by atoms with van der Waals surface area (Å²) in [4.78, 5) is 19.6. The van der Waals surface area contributed by atoms with Crippen LogP contribution in [0.4, 0.5) is 5.69 Å². The Hall–Kier alpha value is -2.62. The van der Waals surface area contributed by atoms with Gasteiger partial charge < -0.3 is 9.64 Å². The van der Waals surface area contributed by atoms with E-state index in [0.717, 1.165) is 35.3 Å². The maximum Gasteiger partial charge on any atom is 0.339 e. The summed E-state index contributed by atoms with van der Waals surface area (Å²) in [7, 11) is 1.98. The highest BCUT2D eigenvalue weighted by Crippen LogP contribution is 2.29. The van der Waals surface area contributed by atoms with Crippen LogP contribution in [0.5, 0.6) is 0 Å². The Labute approximate surface area is 175 Å². The van der Waals surface area contributed by atoms with Crippen LogP contribution in [-0.4, -0.2) is 30.8 Å². The summed E-state index contributed by atoms with van der Waals surface area (Å²) >= 11 is 0. The smallest absolute Gasteiger partial charge is 0.339 e. The summed E-state index contributed by atoms with van der Waals surface area (Å²) in [6.07, 6.45) is 2.35. The Kier molecular flexibility index (Phi) is 8.00. The lowest BCUT2D eigenvalue weighted by molar-refractivity contribution is 0.0247. The Morgan fingerprint density at radius 1 is 1.10 bits per heavy atom. The van der Waals surface area contributed by atoms with E-state index in [2.05, 4.69) is 57.0 Å². The zero-order valence-electron chi connectivity index (χ0n) is 18.8. The van der Waals surface area contributed by atoms with E-state index in [4.69, 9.17) is 4.74 Å². The van der Waals surface area contributed by atoms with Crippen LogP contribution in [0.3, 0.4) is 0 Å². The summed E-state index contributed by atoms with van der Waals surface area (Å²) < 4.78 is 5.98. The molecule has 0 amide bonds. The van der Waals surface area contributed by atoms with E-state index in [1.807, 2.05) is 44.3 Å². The predicted octanol–water partition coefficient (Wildman–Crippen LogP) is 6.17. The van der Waals surface area contributed by atoms with Crippen LogP contribution < -0.4 is 0 Å². The van der Waals surface area contributed by atoms with Crippen molar-refractivity contribution in [3.05, 3.63) is 64.2 Å². The number of benzene rings is 2. The molecule has 0 aliphatic heterocycles. The van der Waals surface area contributed by atoms with Crippen LogP contribution in [0.1, 0.15) is 65.9 Å². The fourth-order valence-electron chi connectivity index (χ4n) is 3.06. The van der Waals surface area contributed by atoms with Crippen molar-refractivity contribution in [2.75, 3.05) is 13.6 Å². The molecule has 4 heteroatoms. The normalized spacial score (nSPS) is 12.4. The number of nitrogens with zero attached hydrogens (tertiary/aromatic N) is 2. The third-order valence-electron chi connectivity index (χ3n) is 5.04. The van der Waals surface area contributed by atoms with E-state index in [0.29, 0.717) is 11.5 Å². The molecule has 1 unspecified atom stereocenters. The lowest BCUT2D eigenvalue weighted by Gasteiger charge is -2.21. The minimum absolute atomic E-state index is 0.251. The average Bonchev–Trinajstić information content (AvgIpc) is 2.67. The molecule has 0 N–H and O–H groups in total. The van der Waals surface area contributed by atoms with Crippen LogP contribution in [0.25, 0.3) is 0 Å². The molecular formula is C25H34N2O2. The maximum atomic E-state index is 13.0. The topological polar surface area (TPSA) is 41.9 Å². The molecule has 4 nitrogen and oxygen atoms in total. The highest BCUT2D eigenvalue weighted by atomic mass is 16.5. The number of aryl methyl sites for hydroxylation is 3. The Morgan fingerprint density at radius 3 is 2.34 bits per heavy atom. The van der Waals surface area contributed by atoms with Gasteiger partial charge in [0.05, 0.1) is 17.6 Å². The van der Waals surface area contributed by atoms with Gasteiger partial charge in [0.25, 0.3) is 0 Å². The van der Waals surface area contributed by atoms with E-state index in [9.17, 15) is 4.79 Å². The maximum absolute atomic E-state index is 13.0. The van der Waals surface area contributed by atoms with Gasteiger partial charge in [-0.3, -0.25) is 0 Å². The average molecular weight is 395 g/mol. The molecule has 29 heavy (non-hydrogen) atoms. The first-order valence-electron chi connectivity index (χ1n) is 10.3. The fraction of sp³-hybridized carbons (Fsp3) is 0.440. The number of rotatable bonds is 8. The molecule has 0 radical (unpaired) electrons. The van der Waals surface area contributed by atoms with Gasteiger partial charge in [-0.1, -0.05) is 43.7 Å². The molecule has 0 bridgehead atoms. The lowest BCUT2D eigenvalue weighted by atomic mass is 9.98. The van der Waals surface area contributed by atoms with E-state index in [1.54, 1.807) is 0 Å². The van der Waals surface area contributed by atoms with Gasteiger partial charge in [-0.05, 0) is 68.9 Å². The van der Waals surface area contributed by atoms with Crippen LogP contribution >= 0.6 is 0 Å². The molecule has 0 saturated carbocycles. The standard InChI is InChI=1S/C25H34N2O2/c1-8-27(7)16-26-23-15-19(5)22(14-20(23)6)25(28)29-24(13-17(2)3)21-11-9-18(4)10-12-21/h9-12,14-17,24H,8,13H2,1-7H3. The number of esters is 1. The molecule has 2 aromatic rings. The van der Waals surface area contributed by atoms with Crippen molar-refractivity contribution in [1.29, 1.82) is 0 Å². The molecule has 0 fully saturated rings. The van der Waals surface area contributed by atoms with Crippen LogP contribution in [0.2, 0.25) is 0 Å². The van der Waals surface area contributed by atoms with E-state index in [-0.39, 0.29) is 12.1 Å². The summed E-state index contributed by atoms with van der Waals surface area (Å²) in [6, 6.07) is 12.1. The number of aliphatic imine (C=N–C) groups is 1. The van der Waals surface area contributed by atoms with Crippen molar-refractivity contribution >= 4 is 18.0 Å². The SMILES string of the molecule is CCN(C)C=Nc1cc(C)c(C(=O)OC(CC(C)C)c2ccc(C)cc2)cc1C. The summed E-state index contributed by atoms with van der Waals surface area (Å²) in [6.45, 7) is 13.2. The minimum Gasteiger partial charge on any atom is -0.454 e. The van der Waals surface area contributed by atoms with Gasteiger partial charge in [0.15, 0.2) is 0 Å². The lowest BCUT2D eigenvalue weighted by Crippen LogP contribution is -2.15. The summed E-state index contributed by atoms with van der Waals surface area (Å²) in [5, 5.41) is 0. The van der Waals surface area contributed by atoms with Gasteiger partial charge in [0.1, 0.15) is 6.10 Å². The first kappa shape index (κ1) is 22.7. The van der Waals surface area contributed by atoms with Crippen molar-refractivity contribution in [3.8, 4) is 0 Å². The Bertz CT molecular complexity index is 854. The van der Waals surface area contributed by atoms with Gasteiger partial charge in [-0.25, -0.2) is 9.79 Å². The third-order valence-corrected chi connectivity index (χ3v) is 5.04. The number of carbonyl (C=O) groups excluding carboxylic acids is 1. The summed E-state index contributed by atoms with van der Waals surface area (Å²) in [5.74, 6) is 0.141. The fourth-order valence-corrected chi connectivity index (χ4v) is 3.06. The monoisotopic (exact) mass is 394 g/mol. The Balaban J connectivity index is 2.26. The largest absolute Gasteiger partial charge is 0.454 e. The minimum atomic E-state index is -0.280. The molecule has 0 spiro atoms. The highest BCUT2D eigenvalue weighted by Gasteiger charge is 2.21. The second kappa shape index (κ2) is 10.2. The highest BCUT2D eigenvalue weighted by molar-refractivity contribution is 5.92. The van der Waals surface area contributed by atoms with Gasteiger partial charge in [-0.15, -0.1) is 0 Å². The van der Waals surface area contributed by atoms with Crippen LogP contribution in [-0.2, 0) is 4.74 Å². The number of ether oxygens (including phenoxy) is 1. The molecule has 0 aromatic heterocycles. The number of hydrogen-bond donors (Lipinski definition) is 0. The molecule has 1 atom stereocenters. The quantitative estimate of drug-likeness (QED) is 0.305.